The Hall–Kier alpha value is -3.44. The van der Waals surface area contributed by atoms with Crippen LogP contribution in [0.3, 0.4) is 0 Å². The fraction of sp³-hybridized carbons (Fsp3) is 0.348. The molecule has 0 spiro atoms. The standard InChI is InChI=1S/C23H24ClF3N8O4S/c24-16-3-1-15(2-4-16)21-32-34(22(37)33(21)9-19(36)23(25,26)27)10-20-30-13-35(31-20)18-8-28-6-5-17(18)29-7-14-11-40(38,39)12-14/h1-6,8,13-14,19,36,38-39H,7,9-12H2,(H,28,29)/t19-/m0/s1. The Balaban J connectivity index is 1.39. The van der Waals surface area contributed by atoms with Gasteiger partial charge in [-0.25, -0.2) is 19.1 Å². The van der Waals surface area contributed by atoms with E-state index >= 15 is 0 Å². The van der Waals surface area contributed by atoms with Crippen molar-refractivity contribution in [2.75, 3.05) is 23.4 Å². The summed E-state index contributed by atoms with van der Waals surface area (Å²) in [7, 11) is -2.45. The summed E-state index contributed by atoms with van der Waals surface area (Å²) in [6.07, 6.45) is -3.19. The van der Waals surface area contributed by atoms with Gasteiger partial charge in [0.1, 0.15) is 18.6 Å². The Morgan fingerprint density at radius 1 is 1.15 bits per heavy atom. The van der Waals surface area contributed by atoms with Crippen LogP contribution in [0.25, 0.3) is 17.1 Å². The molecule has 0 bridgehead atoms. The highest BCUT2D eigenvalue weighted by Crippen LogP contribution is 2.51. The summed E-state index contributed by atoms with van der Waals surface area (Å²) in [6.45, 7) is -0.800. The molecule has 1 aliphatic heterocycles. The molecule has 1 aliphatic rings. The fourth-order valence-corrected chi connectivity index (χ4v) is 5.99. The Morgan fingerprint density at radius 3 is 2.55 bits per heavy atom. The smallest absolute Gasteiger partial charge is 0.383 e. The second-order valence-corrected chi connectivity index (χ2v) is 12.0. The average Bonchev–Trinajstić information content (AvgIpc) is 3.47. The maximum atomic E-state index is 13.1. The number of aliphatic hydroxyl groups is 1. The molecule has 0 saturated carbocycles. The normalized spacial score (nSPS) is 16.9. The molecule has 0 aliphatic carbocycles. The monoisotopic (exact) mass is 600 g/mol. The lowest BCUT2D eigenvalue weighted by Crippen LogP contribution is -2.37. The van der Waals surface area contributed by atoms with Crippen LogP contribution in [0, 0.1) is 5.92 Å². The molecular weight excluding hydrogens is 577 g/mol. The van der Waals surface area contributed by atoms with Crippen LogP contribution in [0.15, 0.2) is 53.8 Å². The second-order valence-electron chi connectivity index (χ2n) is 9.32. The Labute approximate surface area is 231 Å². The van der Waals surface area contributed by atoms with Crippen LogP contribution < -0.4 is 11.0 Å². The highest BCUT2D eigenvalue weighted by Gasteiger charge is 2.39. The fourth-order valence-electron chi connectivity index (χ4n) is 4.21. The number of nitrogens with zero attached hydrogens (tertiary/aromatic N) is 7. The zero-order chi connectivity index (χ0) is 28.7. The van der Waals surface area contributed by atoms with Crippen molar-refractivity contribution in [3.8, 4) is 17.1 Å². The maximum absolute atomic E-state index is 13.1. The van der Waals surface area contributed by atoms with Gasteiger partial charge in [-0.05, 0) is 30.3 Å². The molecule has 0 amide bonds. The van der Waals surface area contributed by atoms with E-state index in [-0.39, 0.29) is 24.1 Å². The quantitative estimate of drug-likeness (QED) is 0.227. The van der Waals surface area contributed by atoms with Crippen molar-refractivity contribution >= 4 is 27.9 Å². The van der Waals surface area contributed by atoms with Crippen LogP contribution in [-0.4, -0.2) is 78.6 Å². The van der Waals surface area contributed by atoms with Gasteiger partial charge < -0.3 is 10.4 Å². The van der Waals surface area contributed by atoms with E-state index in [9.17, 15) is 32.2 Å². The third kappa shape index (κ3) is 6.15. The molecule has 17 heteroatoms. The van der Waals surface area contributed by atoms with Gasteiger partial charge in [0.05, 0.1) is 18.4 Å². The zero-order valence-electron chi connectivity index (χ0n) is 20.6. The number of alkyl halides is 3. The lowest BCUT2D eigenvalue weighted by molar-refractivity contribution is -0.207. The number of halogens is 4. The van der Waals surface area contributed by atoms with Crippen molar-refractivity contribution in [2.24, 2.45) is 5.92 Å². The molecule has 0 unspecified atom stereocenters. The van der Waals surface area contributed by atoms with E-state index in [4.69, 9.17) is 11.6 Å². The largest absolute Gasteiger partial charge is 0.416 e. The van der Waals surface area contributed by atoms with Crippen molar-refractivity contribution in [3.05, 3.63) is 70.4 Å². The summed E-state index contributed by atoms with van der Waals surface area (Å²) in [4.78, 5) is 21.4. The van der Waals surface area contributed by atoms with Crippen LogP contribution >= 0.6 is 22.2 Å². The molecule has 1 atom stereocenters. The Bertz CT molecular complexity index is 1550. The van der Waals surface area contributed by atoms with E-state index in [1.54, 1.807) is 18.5 Å². The topological polar surface area (TPSA) is 156 Å². The summed E-state index contributed by atoms with van der Waals surface area (Å²) in [6, 6.07) is 7.74. The van der Waals surface area contributed by atoms with Gasteiger partial charge in [-0.1, -0.05) is 11.6 Å². The zero-order valence-corrected chi connectivity index (χ0v) is 22.2. The van der Waals surface area contributed by atoms with Crippen LogP contribution in [0.5, 0.6) is 0 Å². The van der Waals surface area contributed by atoms with Gasteiger partial charge in [-0.15, -0.1) is 10.2 Å². The van der Waals surface area contributed by atoms with Gasteiger partial charge in [0.25, 0.3) is 0 Å². The first-order chi connectivity index (χ1) is 18.9. The minimum atomic E-state index is -4.94. The molecule has 1 saturated heterocycles. The van der Waals surface area contributed by atoms with Crippen LogP contribution in [0.2, 0.25) is 5.02 Å². The van der Waals surface area contributed by atoms with Gasteiger partial charge in [-0.2, -0.15) is 23.8 Å². The van der Waals surface area contributed by atoms with Crippen molar-refractivity contribution in [3.63, 3.8) is 0 Å². The SMILES string of the molecule is O=c1n(Cc2ncn(-c3cnccc3NCC3CS(O)(O)C3)n2)nc(-c2ccc(Cl)cc2)n1C[C@H](O)C(F)(F)F. The summed E-state index contributed by atoms with van der Waals surface area (Å²) in [5, 5.41) is 21.9. The van der Waals surface area contributed by atoms with Crippen molar-refractivity contribution < 1.29 is 27.4 Å². The summed E-state index contributed by atoms with van der Waals surface area (Å²) < 4.78 is 61.6. The van der Waals surface area contributed by atoms with E-state index in [0.717, 1.165) is 9.25 Å². The molecule has 40 heavy (non-hydrogen) atoms. The Morgan fingerprint density at radius 2 is 1.88 bits per heavy atom. The molecule has 0 radical (unpaired) electrons. The number of hydrogen-bond acceptors (Lipinski definition) is 9. The van der Waals surface area contributed by atoms with Crippen molar-refractivity contribution in [1.29, 1.82) is 0 Å². The van der Waals surface area contributed by atoms with Gasteiger partial charge in [0, 0.05) is 40.8 Å². The molecule has 1 aromatic carbocycles. The first-order valence-electron chi connectivity index (χ1n) is 11.9. The van der Waals surface area contributed by atoms with E-state index in [1.807, 2.05) is 0 Å². The lowest BCUT2D eigenvalue weighted by Gasteiger charge is -2.47. The van der Waals surface area contributed by atoms with E-state index in [2.05, 4.69) is 25.5 Å². The minimum Gasteiger partial charge on any atom is -0.383 e. The van der Waals surface area contributed by atoms with E-state index < -0.39 is 35.1 Å². The Kier molecular flexibility index (Phi) is 7.62. The number of benzene rings is 1. The molecule has 3 aromatic heterocycles. The summed E-state index contributed by atoms with van der Waals surface area (Å²) >= 11 is 5.92. The first-order valence-corrected chi connectivity index (χ1v) is 14.2. The number of nitrogens with one attached hydrogen (secondary N) is 1. The molecule has 5 rings (SSSR count). The highest BCUT2D eigenvalue weighted by molar-refractivity contribution is 8.25. The number of rotatable bonds is 9. The van der Waals surface area contributed by atoms with Crippen molar-refractivity contribution in [2.45, 2.75) is 25.4 Å². The number of aromatic nitrogens is 7. The lowest BCUT2D eigenvalue weighted by atomic mass is 10.2. The summed E-state index contributed by atoms with van der Waals surface area (Å²) in [5.41, 5.74) is 0.648. The predicted molar refractivity (Wildman–Crippen MR) is 142 cm³/mol. The number of anilines is 1. The molecule has 12 nitrogen and oxygen atoms in total. The first kappa shape index (κ1) is 28.1. The van der Waals surface area contributed by atoms with Crippen LogP contribution in [0.4, 0.5) is 18.9 Å². The molecule has 214 valence electrons. The molecule has 4 aromatic rings. The van der Waals surface area contributed by atoms with Gasteiger partial charge in [0.2, 0.25) is 0 Å². The van der Waals surface area contributed by atoms with E-state index in [0.29, 0.717) is 40.0 Å². The molecule has 4 N–H and O–H groups in total. The van der Waals surface area contributed by atoms with Crippen molar-refractivity contribution in [1.82, 2.24) is 34.1 Å². The molecule has 1 fully saturated rings. The summed E-state index contributed by atoms with van der Waals surface area (Å²) in [5.74, 6) is 0.856. The third-order valence-electron chi connectivity index (χ3n) is 6.22. The van der Waals surface area contributed by atoms with Crippen LogP contribution in [-0.2, 0) is 13.1 Å². The van der Waals surface area contributed by atoms with Gasteiger partial charge in [-0.3, -0.25) is 18.7 Å². The van der Waals surface area contributed by atoms with Crippen LogP contribution in [0.1, 0.15) is 5.82 Å². The number of aliphatic hydroxyl groups excluding tert-OH is 1. The second kappa shape index (κ2) is 10.9. The van der Waals surface area contributed by atoms with E-state index in [1.165, 1.54) is 35.3 Å². The van der Waals surface area contributed by atoms with Gasteiger partial charge >= 0.3 is 11.9 Å². The van der Waals surface area contributed by atoms with Gasteiger partial charge in [0.15, 0.2) is 17.8 Å². The third-order valence-corrected chi connectivity index (χ3v) is 8.48. The number of pyridine rings is 1. The average molecular weight is 601 g/mol. The molecule has 4 heterocycles. The molecular formula is C23H24ClF3N8O4S. The maximum Gasteiger partial charge on any atom is 0.416 e. The number of hydrogen-bond donors (Lipinski definition) is 4. The predicted octanol–water partition coefficient (Wildman–Crippen LogP) is 3.10. The minimum absolute atomic E-state index is 0.0873. The highest BCUT2D eigenvalue weighted by atomic mass is 35.5.